The van der Waals surface area contributed by atoms with Crippen molar-refractivity contribution in [2.24, 2.45) is 17.1 Å². The number of hydrogen-bond acceptors (Lipinski definition) is 12. The summed E-state index contributed by atoms with van der Waals surface area (Å²) in [4.78, 5) is 53.8. The second-order valence-corrected chi connectivity index (χ2v) is 12.8. The van der Waals surface area contributed by atoms with E-state index < -0.39 is 11.7 Å². The van der Waals surface area contributed by atoms with E-state index in [4.69, 9.17) is 11.6 Å². The molecule has 0 saturated carbocycles. The van der Waals surface area contributed by atoms with Gasteiger partial charge < -0.3 is 29.9 Å². The van der Waals surface area contributed by atoms with Gasteiger partial charge in [-0.15, -0.1) is 0 Å². The van der Waals surface area contributed by atoms with E-state index in [-0.39, 0.29) is 41.5 Å². The lowest BCUT2D eigenvalue weighted by atomic mass is 10.1. The molecule has 2 aliphatic heterocycles. The molecule has 15 nitrogen and oxygen atoms in total. The number of nitrogens with one attached hydrogen (secondary N) is 1. The minimum atomic E-state index is -4.34. The minimum Gasteiger partial charge on any atom is -0.504 e. The maximum atomic E-state index is 12.9. The van der Waals surface area contributed by atoms with Gasteiger partial charge in [-0.05, 0) is 49.9 Å². The number of benzene rings is 2. The molecule has 56 heavy (non-hydrogen) atoms. The Bertz CT molecular complexity index is 2100. The Hall–Kier alpha value is -6.04. The fourth-order valence-corrected chi connectivity index (χ4v) is 6.35. The molecule has 298 valence electrons. The van der Waals surface area contributed by atoms with Crippen molar-refractivity contribution in [3.05, 3.63) is 87.9 Å². The second-order valence-electron chi connectivity index (χ2n) is 12.4. The number of halogens is 4. The Morgan fingerprint density at radius 2 is 1.84 bits per heavy atom. The van der Waals surface area contributed by atoms with E-state index >= 15 is 0 Å². The molecule has 2 aliphatic rings. The van der Waals surface area contributed by atoms with E-state index in [1.165, 1.54) is 23.0 Å². The zero-order chi connectivity index (χ0) is 41.2. The average molecular weight is 798 g/mol. The molecule has 4 heterocycles. The number of hydrazone groups is 1. The average Bonchev–Trinajstić information content (AvgIpc) is 3.57. The first-order valence-electron chi connectivity index (χ1n) is 17.3. The Morgan fingerprint density at radius 3 is 2.43 bits per heavy atom. The summed E-state index contributed by atoms with van der Waals surface area (Å²) in [5.74, 6) is -0.873. The van der Waals surface area contributed by atoms with Crippen LogP contribution in [0, 0.1) is 6.92 Å². The first kappa shape index (κ1) is 42.7. The second kappa shape index (κ2) is 19.0. The number of fused-ring (bicyclic) bond motifs is 1. The van der Waals surface area contributed by atoms with Crippen molar-refractivity contribution < 1.29 is 32.7 Å². The maximum Gasteiger partial charge on any atom is 0.416 e. The number of carbonyl (C=O) groups is 3. The SMILES string of the molecule is C=NCc1cccc2c1cnn2C.C=NN1CN(CC=O)C(CC)=C(N2CCN(C(=O)c3ncnc(C)c3O)CC2)C1=O.CNc1ccc(C(F)(F)F)cc1Cl. The van der Waals surface area contributed by atoms with Crippen molar-refractivity contribution in [2.45, 2.75) is 33.0 Å². The van der Waals surface area contributed by atoms with Crippen LogP contribution in [0.15, 0.2) is 70.4 Å². The summed E-state index contributed by atoms with van der Waals surface area (Å²) >= 11 is 5.57. The number of rotatable bonds is 9. The predicted octanol–water partition coefficient (Wildman–Crippen LogP) is 4.96. The summed E-state index contributed by atoms with van der Waals surface area (Å²) in [6.45, 7) is 13.0. The molecule has 2 N–H and O–H groups in total. The number of aldehydes is 1. The summed E-state index contributed by atoms with van der Waals surface area (Å²) in [6.07, 6.45) is 0.145. The largest absolute Gasteiger partial charge is 0.504 e. The quantitative estimate of drug-likeness (QED) is 0.175. The molecule has 2 aromatic carbocycles. The fraction of sp³-hybridized carbons (Fsp3) is 0.351. The van der Waals surface area contributed by atoms with Gasteiger partial charge in [-0.3, -0.25) is 19.3 Å². The summed E-state index contributed by atoms with van der Waals surface area (Å²) in [7, 11) is 3.53. The smallest absolute Gasteiger partial charge is 0.416 e. The van der Waals surface area contributed by atoms with Gasteiger partial charge >= 0.3 is 6.18 Å². The first-order chi connectivity index (χ1) is 26.7. The Morgan fingerprint density at radius 1 is 1.12 bits per heavy atom. The standard InChI is InChI=1S/C19H25N7O4.C10H11N3.C8H7ClF3N/c1-4-14-16(19(30)26(20-3)12-25(14)9-10-27)23-5-7-24(8-6-23)18(29)15-17(28)13(2)21-11-22-15;1-11-6-8-4-3-5-10-9(8)7-12-13(10)2;1-13-7-3-2-5(4-6(7)9)8(10,11)12/h10-11,28H,3-9,12H2,1-2H3;3-5,7H,1,6H2,2H3;2-4,13H,1H3. The van der Waals surface area contributed by atoms with E-state index in [1.807, 2.05) is 35.8 Å². The van der Waals surface area contributed by atoms with Gasteiger partial charge in [0.15, 0.2) is 11.4 Å². The Kier molecular flexibility index (Phi) is 14.5. The molecule has 19 heteroatoms. The molecular weight excluding hydrogens is 755 g/mol. The molecule has 1 saturated heterocycles. The number of aryl methyl sites for hydroxylation is 2. The van der Waals surface area contributed by atoms with Crippen LogP contribution in [0.2, 0.25) is 5.02 Å². The monoisotopic (exact) mass is 797 g/mol. The van der Waals surface area contributed by atoms with E-state index in [2.05, 4.69) is 56.0 Å². The van der Waals surface area contributed by atoms with Crippen LogP contribution in [0.3, 0.4) is 0 Å². The molecular formula is C37H43ClF3N11O4. The highest BCUT2D eigenvalue weighted by Gasteiger charge is 2.36. The molecule has 0 atom stereocenters. The highest BCUT2D eigenvalue weighted by Crippen LogP contribution is 2.33. The third kappa shape index (κ3) is 9.79. The molecule has 0 spiro atoms. The molecule has 4 aromatic rings. The van der Waals surface area contributed by atoms with Gasteiger partial charge in [0.2, 0.25) is 0 Å². The number of allylic oxidation sites excluding steroid dienone is 1. The molecule has 6 rings (SSSR count). The van der Waals surface area contributed by atoms with Crippen molar-refractivity contribution in [1.29, 1.82) is 0 Å². The zero-order valence-corrected chi connectivity index (χ0v) is 32.2. The van der Waals surface area contributed by atoms with Crippen molar-refractivity contribution in [1.82, 2.24) is 39.5 Å². The van der Waals surface area contributed by atoms with E-state index in [1.54, 1.807) is 23.8 Å². The number of hydrogen-bond donors (Lipinski definition) is 2. The molecule has 2 aromatic heterocycles. The highest BCUT2D eigenvalue weighted by atomic mass is 35.5. The number of aromatic hydroxyl groups is 1. The number of alkyl halides is 3. The number of anilines is 1. The lowest BCUT2D eigenvalue weighted by Crippen LogP contribution is -2.54. The highest BCUT2D eigenvalue weighted by molar-refractivity contribution is 6.33. The summed E-state index contributed by atoms with van der Waals surface area (Å²) < 4.78 is 38.2. The number of nitrogens with zero attached hydrogens (tertiary/aromatic N) is 10. The van der Waals surface area contributed by atoms with Gasteiger partial charge in [0.1, 0.15) is 25.0 Å². The van der Waals surface area contributed by atoms with Crippen molar-refractivity contribution in [3.63, 3.8) is 0 Å². The van der Waals surface area contributed by atoms with Crippen LogP contribution in [0.1, 0.15) is 40.7 Å². The lowest BCUT2D eigenvalue weighted by molar-refractivity contribution is -0.137. The molecule has 0 radical (unpaired) electrons. The van der Waals surface area contributed by atoms with Crippen molar-refractivity contribution in [2.75, 3.05) is 51.8 Å². The van der Waals surface area contributed by atoms with Crippen LogP contribution in [0.4, 0.5) is 18.9 Å². The third-order valence-corrected chi connectivity index (χ3v) is 9.33. The van der Waals surface area contributed by atoms with Gasteiger partial charge in [0, 0.05) is 58.1 Å². The normalized spacial score (nSPS) is 14.5. The topological polar surface area (TPSA) is 165 Å². The molecule has 0 aliphatic carbocycles. The Labute approximate surface area is 326 Å². The number of piperazine rings is 1. The number of aromatic nitrogens is 4. The van der Waals surface area contributed by atoms with E-state index in [0.717, 1.165) is 35.0 Å². The van der Waals surface area contributed by atoms with Crippen LogP contribution in [-0.2, 0) is 29.4 Å². The van der Waals surface area contributed by atoms with Crippen molar-refractivity contribution >= 4 is 59.7 Å². The summed E-state index contributed by atoms with van der Waals surface area (Å²) in [6, 6.07) is 9.30. The maximum absolute atomic E-state index is 12.9. The van der Waals surface area contributed by atoms with Gasteiger partial charge in [-0.1, -0.05) is 30.7 Å². The van der Waals surface area contributed by atoms with Crippen LogP contribution < -0.4 is 5.32 Å². The van der Waals surface area contributed by atoms with Crippen molar-refractivity contribution in [3.8, 4) is 5.75 Å². The molecule has 1 fully saturated rings. The minimum absolute atomic E-state index is 0.0302. The molecule has 0 bridgehead atoms. The summed E-state index contributed by atoms with van der Waals surface area (Å²) in [5, 5.41) is 23.2. The summed E-state index contributed by atoms with van der Waals surface area (Å²) in [5.41, 5.74) is 3.62. The van der Waals surface area contributed by atoms with Gasteiger partial charge in [0.05, 0.1) is 46.8 Å². The van der Waals surface area contributed by atoms with Crippen LogP contribution in [0.25, 0.3) is 10.9 Å². The van der Waals surface area contributed by atoms with E-state index in [0.29, 0.717) is 56.2 Å². The fourth-order valence-electron chi connectivity index (χ4n) is 6.08. The number of amides is 2. The molecule has 0 unspecified atom stereocenters. The van der Waals surface area contributed by atoms with Gasteiger partial charge in [-0.25, -0.2) is 15.0 Å². The number of carbonyl (C=O) groups excluding carboxylic acids is 3. The van der Waals surface area contributed by atoms with Crippen LogP contribution >= 0.6 is 11.6 Å². The zero-order valence-electron chi connectivity index (χ0n) is 31.4. The number of aliphatic imine (C=N–C) groups is 1. The van der Waals surface area contributed by atoms with Crippen LogP contribution in [-0.4, -0.2) is 123 Å². The Balaban J connectivity index is 0.000000219. The third-order valence-electron chi connectivity index (χ3n) is 9.02. The van der Waals surface area contributed by atoms with Gasteiger partial charge in [0.25, 0.3) is 11.8 Å². The first-order valence-corrected chi connectivity index (χ1v) is 17.7. The van der Waals surface area contributed by atoms with E-state index in [9.17, 15) is 32.7 Å². The lowest BCUT2D eigenvalue weighted by Gasteiger charge is -2.43. The molecule has 2 amide bonds. The van der Waals surface area contributed by atoms with Crippen LogP contribution in [0.5, 0.6) is 5.75 Å². The predicted molar refractivity (Wildman–Crippen MR) is 207 cm³/mol. The van der Waals surface area contributed by atoms with Gasteiger partial charge in [-0.2, -0.15) is 23.4 Å².